The first kappa shape index (κ1) is 49.9. The van der Waals surface area contributed by atoms with Crippen LogP contribution in [0.1, 0.15) is 69.4 Å². The monoisotopic (exact) mass is 904 g/mol. The summed E-state index contributed by atoms with van der Waals surface area (Å²) in [7, 11) is 2.39. The molecule has 0 unspecified atom stereocenters. The number of carboxylic acid groups (broad SMARTS) is 1. The van der Waals surface area contributed by atoms with Crippen LogP contribution in [-0.4, -0.2) is 88.0 Å². The Hall–Kier alpha value is -6.54. The Kier molecular flexibility index (Phi) is 17.7. The van der Waals surface area contributed by atoms with Crippen molar-refractivity contribution in [1.29, 1.82) is 0 Å². The van der Waals surface area contributed by atoms with Crippen molar-refractivity contribution in [2.45, 2.75) is 37.5 Å². The molecule has 0 bridgehead atoms. The number of aliphatic hydroxyl groups excluding tert-OH is 1. The summed E-state index contributed by atoms with van der Waals surface area (Å²) in [4.78, 5) is 47.9. The number of carbonyl (C=O) groups excluding carboxylic acids is 1. The van der Waals surface area contributed by atoms with E-state index in [1.54, 1.807) is 30.3 Å². The average molecular weight is 905 g/mol. The Balaban J connectivity index is 0.000000207. The minimum absolute atomic E-state index is 0. The summed E-state index contributed by atoms with van der Waals surface area (Å²) < 4.78 is 4.88. The first-order valence-electron chi connectivity index (χ1n) is 22.0. The molecule has 2 aromatic heterocycles. The van der Waals surface area contributed by atoms with Crippen LogP contribution in [0.4, 0.5) is 11.6 Å². The maximum Gasteiger partial charge on any atom is 1.00 e. The van der Waals surface area contributed by atoms with E-state index in [0.29, 0.717) is 33.9 Å². The second-order valence-electron chi connectivity index (χ2n) is 16.1. The van der Waals surface area contributed by atoms with Gasteiger partial charge in [-0.3, -0.25) is 0 Å². The van der Waals surface area contributed by atoms with Crippen LogP contribution in [-0.2, 0) is 4.74 Å². The number of anilines is 2. The van der Waals surface area contributed by atoms with E-state index in [4.69, 9.17) is 29.8 Å². The molecule has 3 N–H and O–H groups in total. The summed E-state index contributed by atoms with van der Waals surface area (Å²) in [6.45, 7) is 3.60. The molecule has 4 heterocycles. The Morgan fingerprint density at radius 3 is 1.24 bits per heavy atom. The van der Waals surface area contributed by atoms with Crippen LogP contribution < -0.4 is 39.4 Å². The van der Waals surface area contributed by atoms with E-state index in [1.165, 1.54) is 18.2 Å². The predicted molar refractivity (Wildman–Crippen MR) is 260 cm³/mol. The molecule has 12 nitrogen and oxygen atoms in total. The van der Waals surface area contributed by atoms with E-state index >= 15 is 0 Å². The van der Waals surface area contributed by atoms with Crippen LogP contribution >= 0.6 is 0 Å². The molecular weight excluding hydrogens is 852 g/mol. The molecule has 13 heteroatoms. The first-order valence-corrected chi connectivity index (χ1v) is 22.0. The molecule has 0 radical (unpaired) electrons. The first-order chi connectivity index (χ1) is 31.9. The van der Waals surface area contributed by atoms with Crippen molar-refractivity contribution in [3.8, 4) is 22.5 Å². The predicted octanol–water partition coefficient (Wildman–Crippen LogP) is 7.28. The number of ether oxygens (including phenoxy) is 1. The van der Waals surface area contributed by atoms with Gasteiger partial charge < -0.3 is 30.2 Å². The quantitative estimate of drug-likeness (QED) is 0.116. The van der Waals surface area contributed by atoms with Gasteiger partial charge in [0.25, 0.3) is 0 Å². The molecular formula is C54H53N6NaO6. The van der Waals surface area contributed by atoms with Gasteiger partial charge in [0.05, 0.1) is 40.3 Å². The molecule has 10 rings (SSSR count). The molecule has 2 saturated heterocycles. The number of fused-ring (bicyclic) bond motifs is 2. The van der Waals surface area contributed by atoms with Crippen molar-refractivity contribution in [2.75, 3.05) is 50.2 Å². The van der Waals surface area contributed by atoms with Crippen LogP contribution in [0.5, 0.6) is 0 Å². The third-order valence-electron chi connectivity index (χ3n) is 12.2. The van der Waals surface area contributed by atoms with E-state index in [0.717, 1.165) is 98.6 Å². The molecule has 336 valence electrons. The topological polar surface area (TPSA) is 172 Å². The fourth-order valence-corrected chi connectivity index (χ4v) is 8.79. The number of nitrogens with zero attached hydrogens (tertiary/aromatic N) is 6. The fourth-order valence-electron chi connectivity index (χ4n) is 8.79. The summed E-state index contributed by atoms with van der Waals surface area (Å²) in [5, 5.41) is 16.4. The van der Waals surface area contributed by atoms with Gasteiger partial charge in [0.1, 0.15) is 11.4 Å². The fraction of sp³-hybridized carbons (Fsp3) is 0.222. The van der Waals surface area contributed by atoms with Gasteiger partial charge in [-0.15, -0.1) is 0 Å². The number of aliphatic hydroxyl groups is 1. The third kappa shape index (κ3) is 11.7. The number of rotatable bonds is 8. The summed E-state index contributed by atoms with van der Waals surface area (Å²) in [5.41, 5.74) is 10.1. The number of piperidine rings is 2. The molecule has 0 amide bonds. The maximum atomic E-state index is 12.0. The molecule has 0 atom stereocenters. The normalized spacial score (nSPS) is 13.8. The number of esters is 1. The van der Waals surface area contributed by atoms with Crippen molar-refractivity contribution >= 4 is 45.6 Å². The van der Waals surface area contributed by atoms with Gasteiger partial charge in [0.2, 0.25) is 0 Å². The standard InChI is InChI=1S/C27H25N3O2.C26H23N3O2.CH4O.Na.H2O/c1-32-27(31)22-12-13-23-24(18-22)29-26(25(28-23)21-10-6-3-7-11-21)30-16-14-20(15-17-30)19-8-4-2-5-9-19;30-26(31)21-11-12-22-23(17-21)28-25(24(27-22)20-9-5-2-6-10-20)29-15-13-19(14-16-29)18-7-3-1-4-8-18;1-2;;/h2-13,18,20H,14-17H2,1H3;1-12,17,19H,13-16H2,(H,30,31);2H,1H3;;1H2/q;;;+1;/p-1. The summed E-state index contributed by atoms with van der Waals surface area (Å²) in [6.07, 6.45) is 4.24. The molecule has 0 saturated carbocycles. The molecule has 2 fully saturated rings. The second-order valence-corrected chi connectivity index (χ2v) is 16.1. The van der Waals surface area contributed by atoms with Gasteiger partial charge >= 0.3 is 41.5 Å². The number of hydrogen-bond acceptors (Lipinski definition) is 11. The van der Waals surface area contributed by atoms with Crippen molar-refractivity contribution in [3.05, 3.63) is 180 Å². The van der Waals surface area contributed by atoms with Gasteiger partial charge in [0, 0.05) is 44.4 Å². The summed E-state index contributed by atoms with van der Waals surface area (Å²) >= 11 is 0. The van der Waals surface area contributed by atoms with Crippen LogP contribution in [0.3, 0.4) is 0 Å². The van der Waals surface area contributed by atoms with Gasteiger partial charge in [-0.1, -0.05) is 121 Å². The van der Waals surface area contributed by atoms with E-state index in [9.17, 15) is 14.7 Å². The number of methoxy groups -OCH3 is 1. The Labute approximate surface area is 413 Å². The minimum Gasteiger partial charge on any atom is -0.870 e. The van der Waals surface area contributed by atoms with Crippen molar-refractivity contribution in [1.82, 2.24) is 19.9 Å². The number of aromatic nitrogens is 4. The van der Waals surface area contributed by atoms with E-state index in [2.05, 4.69) is 82.6 Å². The largest absolute Gasteiger partial charge is 1.00 e. The zero-order valence-corrected chi connectivity index (χ0v) is 40.1. The number of carbonyl (C=O) groups is 2. The third-order valence-corrected chi connectivity index (χ3v) is 12.2. The average Bonchev–Trinajstić information content (AvgIpc) is 3.39. The molecule has 8 aromatic rings. The molecule has 6 aromatic carbocycles. The van der Waals surface area contributed by atoms with Gasteiger partial charge in [0.15, 0.2) is 11.6 Å². The summed E-state index contributed by atoms with van der Waals surface area (Å²) in [5.74, 6) is 1.48. The van der Waals surface area contributed by atoms with Crippen LogP contribution in [0, 0.1) is 0 Å². The minimum atomic E-state index is -0.957. The van der Waals surface area contributed by atoms with E-state index in [-0.39, 0.29) is 46.6 Å². The Bertz CT molecular complexity index is 2860. The zero-order chi connectivity index (χ0) is 45.1. The van der Waals surface area contributed by atoms with Crippen LogP contribution in [0.25, 0.3) is 44.6 Å². The Morgan fingerprint density at radius 1 is 0.507 bits per heavy atom. The van der Waals surface area contributed by atoms with E-state index < -0.39 is 5.97 Å². The molecule has 2 aliphatic heterocycles. The number of aromatic carboxylic acids is 1. The van der Waals surface area contributed by atoms with Crippen LogP contribution in [0.15, 0.2) is 158 Å². The molecule has 67 heavy (non-hydrogen) atoms. The molecule has 0 aliphatic carbocycles. The van der Waals surface area contributed by atoms with Gasteiger partial charge in [-0.2, -0.15) is 0 Å². The maximum absolute atomic E-state index is 12.0. The van der Waals surface area contributed by atoms with Crippen molar-refractivity contribution in [3.63, 3.8) is 0 Å². The van der Waals surface area contributed by atoms with Crippen LogP contribution in [0.2, 0.25) is 0 Å². The Morgan fingerprint density at radius 2 is 0.866 bits per heavy atom. The van der Waals surface area contributed by atoms with Gasteiger partial charge in [-0.05, 0) is 85.0 Å². The van der Waals surface area contributed by atoms with E-state index in [1.807, 2.05) is 54.6 Å². The number of benzene rings is 6. The summed E-state index contributed by atoms with van der Waals surface area (Å²) in [6, 6.07) is 52.0. The molecule has 0 spiro atoms. The number of hydrogen-bond donors (Lipinski definition) is 2. The van der Waals surface area contributed by atoms with Crippen molar-refractivity contribution < 1.29 is 59.6 Å². The zero-order valence-electron chi connectivity index (χ0n) is 38.1. The molecule has 2 aliphatic rings. The second kappa shape index (κ2) is 23.8. The van der Waals surface area contributed by atoms with Gasteiger partial charge in [-0.25, -0.2) is 29.5 Å². The van der Waals surface area contributed by atoms with Crippen molar-refractivity contribution in [2.24, 2.45) is 0 Å². The number of carboxylic acids is 1. The smallest absolute Gasteiger partial charge is 0.870 e. The SMILES string of the molecule is CO.COC(=O)c1ccc2nc(-c3ccccc3)c(N3CCC(c4ccccc4)CC3)nc2c1.O=C(O)c1ccc2nc(-c3ccccc3)c(N3CCC(c4ccccc4)CC3)nc2c1.[Na+].[OH-].